The quantitative estimate of drug-likeness (QED) is 0.0972. The summed E-state index contributed by atoms with van der Waals surface area (Å²) < 4.78 is 59.7. The van der Waals surface area contributed by atoms with Gasteiger partial charge in [0.2, 0.25) is 6.19 Å². The molecule has 0 radical (unpaired) electrons. The smallest absolute Gasteiger partial charge is 0.206 e. The molecule has 0 atom stereocenters. The number of rotatable bonds is 0. The number of aromatic nitrogens is 4. The second-order valence-corrected chi connectivity index (χ2v) is 8.35. The number of benzene rings is 3. The van der Waals surface area contributed by atoms with Crippen LogP contribution in [0.3, 0.4) is 0 Å². The maximum absolute atomic E-state index is 15.9. The van der Waals surface area contributed by atoms with Crippen LogP contribution in [0.25, 0.3) is 70.6 Å². The number of fused-ring (bicyclic) bond motifs is 8. The Labute approximate surface area is 207 Å². The molecule has 12 heteroatoms. The van der Waals surface area contributed by atoms with Crippen LogP contribution >= 0.6 is 0 Å². The summed E-state index contributed by atoms with van der Waals surface area (Å²) in [4.78, 5) is 23.8. The Balaban J connectivity index is 1.71. The molecule has 7 aromatic rings. The molecule has 0 amide bonds. The van der Waals surface area contributed by atoms with Gasteiger partial charge >= 0.3 is 0 Å². The van der Waals surface area contributed by atoms with Crippen molar-refractivity contribution < 1.29 is 17.6 Å². The molecule has 0 aliphatic heterocycles. The van der Waals surface area contributed by atoms with Crippen LogP contribution in [0.15, 0.2) is 46.5 Å². The van der Waals surface area contributed by atoms with Gasteiger partial charge in [-0.1, -0.05) is 0 Å². The van der Waals surface area contributed by atoms with Gasteiger partial charge in [-0.25, -0.2) is 37.5 Å². The molecule has 0 aliphatic carbocycles. The van der Waals surface area contributed by atoms with E-state index in [-0.39, 0.29) is 43.6 Å². The first-order valence-electron chi connectivity index (χ1n) is 10.8. The van der Waals surface area contributed by atoms with Gasteiger partial charge < -0.3 is 0 Å². The molecule has 0 unspecified atom stereocenters. The number of halogens is 4. The maximum Gasteiger partial charge on any atom is 0.206 e. The molecule has 8 nitrogen and oxygen atoms in total. The normalized spacial score (nSPS) is 13.0. The monoisotopic (exact) mass is 506 g/mol. The predicted molar refractivity (Wildman–Crippen MR) is 128 cm³/mol. The third-order valence-corrected chi connectivity index (χ3v) is 6.37. The molecule has 7 rings (SSSR count). The molecule has 0 spiro atoms. The van der Waals surface area contributed by atoms with Crippen LogP contribution in [0, 0.1) is 41.3 Å². The Morgan fingerprint density at radius 1 is 0.632 bits per heavy atom. The van der Waals surface area contributed by atoms with Crippen LogP contribution < -0.4 is 10.7 Å². The van der Waals surface area contributed by atoms with Crippen molar-refractivity contribution in [3.8, 4) is 6.19 Å². The fraction of sp³-hybridized carbons (Fsp3) is 0. The zero-order valence-corrected chi connectivity index (χ0v) is 18.6. The van der Waals surface area contributed by atoms with Gasteiger partial charge in [0, 0.05) is 21.5 Å². The molecule has 0 fully saturated rings. The van der Waals surface area contributed by atoms with Crippen LogP contribution in [0.5, 0.6) is 0 Å². The molecular weight excluding hydrogens is 500 g/mol. The topological polar surface area (TPSA) is 104 Å². The van der Waals surface area contributed by atoms with E-state index in [2.05, 4.69) is 35.0 Å². The summed E-state index contributed by atoms with van der Waals surface area (Å²) in [5.74, 6) is -3.28. The lowest BCUT2D eigenvalue weighted by Crippen LogP contribution is -2.05. The molecule has 0 N–H and O–H groups in total. The summed E-state index contributed by atoms with van der Waals surface area (Å²) in [5, 5.41) is 13.9. The highest BCUT2D eigenvalue weighted by Crippen LogP contribution is 2.32. The Morgan fingerprint density at radius 2 is 1.08 bits per heavy atom. The van der Waals surface area contributed by atoms with Crippen molar-refractivity contribution in [3.05, 3.63) is 81.9 Å². The van der Waals surface area contributed by atoms with E-state index >= 15 is 8.78 Å². The van der Waals surface area contributed by atoms with Gasteiger partial charge in [0.25, 0.3) is 0 Å². The van der Waals surface area contributed by atoms with Crippen LogP contribution in [0.1, 0.15) is 0 Å². The van der Waals surface area contributed by atoms with E-state index in [4.69, 9.17) is 11.8 Å². The van der Waals surface area contributed by atoms with Crippen molar-refractivity contribution >= 4 is 65.7 Å². The Kier molecular flexibility index (Phi) is 4.24. The lowest BCUT2D eigenvalue weighted by Gasteiger charge is -2.06. The van der Waals surface area contributed by atoms with Gasteiger partial charge in [-0.3, -0.25) is 0 Å². The lowest BCUT2D eigenvalue weighted by molar-refractivity contribution is 0.626. The zero-order valence-electron chi connectivity index (χ0n) is 18.6. The first-order valence-corrected chi connectivity index (χ1v) is 10.8. The third kappa shape index (κ3) is 2.71. The van der Waals surface area contributed by atoms with Gasteiger partial charge in [-0.05, 0) is 36.4 Å². The SMILES string of the molecule is [C-]#[N+]/N=c1\c2cc(F)ccc2c2nc3c(F)c4nc5/c(=N/C#N)c6cc(F)ccc6c5nc4c(F)c3nc12. The Bertz CT molecular complexity index is 2260. The largest absolute Gasteiger partial charge is 0.240 e. The van der Waals surface area contributed by atoms with Crippen LogP contribution in [-0.2, 0) is 0 Å². The summed E-state index contributed by atoms with van der Waals surface area (Å²) in [6.07, 6.45) is 1.62. The highest BCUT2D eigenvalue weighted by molar-refractivity contribution is 6.12. The van der Waals surface area contributed by atoms with Crippen molar-refractivity contribution in [2.45, 2.75) is 0 Å². The van der Waals surface area contributed by atoms with E-state index in [1.165, 1.54) is 12.1 Å². The van der Waals surface area contributed by atoms with Crippen LogP contribution in [-0.4, -0.2) is 19.9 Å². The van der Waals surface area contributed by atoms with E-state index in [0.29, 0.717) is 10.8 Å². The molecular formula is C26H6F4N8. The van der Waals surface area contributed by atoms with Crippen molar-refractivity contribution in [1.82, 2.24) is 19.9 Å². The average Bonchev–Trinajstić information content (AvgIpc) is 3.37. The molecule has 5 aromatic carbocycles. The molecule has 0 saturated carbocycles. The number of hydrogen-bond acceptors (Lipinski definition) is 7. The minimum Gasteiger partial charge on any atom is -0.240 e. The molecule has 0 saturated heterocycles. The fourth-order valence-corrected chi connectivity index (χ4v) is 4.82. The van der Waals surface area contributed by atoms with Gasteiger partial charge in [0.15, 0.2) is 17.0 Å². The summed E-state index contributed by atoms with van der Waals surface area (Å²) in [7, 11) is 0. The summed E-state index contributed by atoms with van der Waals surface area (Å²) in [6.45, 7) is 7.13. The van der Waals surface area contributed by atoms with Gasteiger partial charge in [-0.2, -0.15) is 16.8 Å². The molecule has 38 heavy (non-hydrogen) atoms. The predicted octanol–water partition coefficient (Wildman–Crippen LogP) is 4.73. The first-order chi connectivity index (χ1) is 18.4. The van der Waals surface area contributed by atoms with Crippen LogP contribution in [0.4, 0.5) is 17.6 Å². The van der Waals surface area contributed by atoms with Gasteiger partial charge in [0.05, 0.1) is 16.1 Å². The number of hydrogen-bond donors (Lipinski definition) is 0. The highest BCUT2D eigenvalue weighted by Gasteiger charge is 2.25. The molecule has 2 heterocycles. The summed E-state index contributed by atoms with van der Waals surface area (Å²) in [6, 6.07) is 7.37. The maximum atomic E-state index is 15.9. The average molecular weight is 506 g/mol. The molecule has 0 bridgehead atoms. The summed E-state index contributed by atoms with van der Waals surface area (Å²) >= 11 is 0. The standard InChI is InChI=1S/C26H6F4N8/c1-32-38-20-14-7-10(28)3-5-12(14)19-26(20)37-24-16(30)21-23(15(29)22(24)35-19)36-25-17(33-8-31)13-6-9(27)2-4-11(13)18(25)34-21/h2-7H/b33-17+,38-20+. The Morgan fingerprint density at radius 3 is 1.55 bits per heavy atom. The van der Waals surface area contributed by atoms with Crippen molar-refractivity contribution in [2.24, 2.45) is 10.1 Å². The second kappa shape index (κ2) is 7.44. The zero-order chi connectivity index (χ0) is 26.3. The third-order valence-electron chi connectivity index (χ3n) is 6.37. The van der Waals surface area contributed by atoms with Crippen molar-refractivity contribution in [3.63, 3.8) is 0 Å². The van der Waals surface area contributed by atoms with E-state index in [9.17, 15) is 8.78 Å². The molecule has 178 valence electrons. The Hall–Kier alpha value is -5.62. The fourth-order valence-electron chi connectivity index (χ4n) is 4.82. The molecule has 2 aromatic heterocycles. The van der Waals surface area contributed by atoms with E-state index < -0.39 is 45.3 Å². The first kappa shape index (κ1) is 21.6. The van der Waals surface area contributed by atoms with E-state index in [1.54, 1.807) is 6.19 Å². The van der Waals surface area contributed by atoms with Crippen molar-refractivity contribution in [2.75, 3.05) is 0 Å². The molecule has 0 aliphatic rings. The second-order valence-electron chi connectivity index (χ2n) is 8.35. The van der Waals surface area contributed by atoms with Gasteiger partial charge in [0.1, 0.15) is 50.1 Å². The van der Waals surface area contributed by atoms with E-state index in [0.717, 1.165) is 24.3 Å². The minimum absolute atomic E-state index is 0.00914. The lowest BCUT2D eigenvalue weighted by atomic mass is 10.2. The van der Waals surface area contributed by atoms with Crippen LogP contribution in [0.2, 0.25) is 0 Å². The number of nitrogens with zero attached hydrogens (tertiary/aromatic N) is 8. The summed E-state index contributed by atoms with van der Waals surface area (Å²) in [5.41, 5.74) is -1.76. The van der Waals surface area contributed by atoms with Gasteiger partial charge in [-0.15, -0.1) is 4.95 Å². The number of nitriles is 1. The minimum atomic E-state index is -1.04. The highest BCUT2D eigenvalue weighted by atomic mass is 19.1. The van der Waals surface area contributed by atoms with E-state index in [1.807, 2.05) is 0 Å². The van der Waals surface area contributed by atoms with Crippen molar-refractivity contribution in [1.29, 1.82) is 5.26 Å².